The van der Waals surface area contributed by atoms with Gasteiger partial charge in [-0.2, -0.15) is 0 Å². The number of anilines is 1. The highest BCUT2D eigenvalue weighted by molar-refractivity contribution is 6.31. The number of nitrogens with zero attached hydrogens (tertiary/aromatic N) is 2. The molecule has 0 radical (unpaired) electrons. The van der Waals surface area contributed by atoms with E-state index in [1.165, 1.54) is 6.07 Å². The van der Waals surface area contributed by atoms with Crippen molar-refractivity contribution in [3.8, 4) is 0 Å². The van der Waals surface area contributed by atoms with Gasteiger partial charge >= 0.3 is 0 Å². The predicted molar refractivity (Wildman–Crippen MR) is 57.2 cm³/mol. The molecule has 0 amide bonds. The first-order valence-corrected chi connectivity index (χ1v) is 4.75. The van der Waals surface area contributed by atoms with Crippen molar-refractivity contribution in [3.63, 3.8) is 0 Å². The van der Waals surface area contributed by atoms with Crippen molar-refractivity contribution >= 4 is 17.4 Å². The molecule has 5 heteroatoms. The second kappa shape index (κ2) is 3.90. The van der Waals surface area contributed by atoms with Gasteiger partial charge in [-0.05, 0) is 11.6 Å². The lowest BCUT2D eigenvalue weighted by Crippen LogP contribution is -1.98. The molecular formula is C10H9ClFN3. The van der Waals surface area contributed by atoms with Crippen LogP contribution in [0.5, 0.6) is 0 Å². The topological polar surface area (TPSA) is 43.8 Å². The van der Waals surface area contributed by atoms with Crippen LogP contribution in [0.15, 0.2) is 30.7 Å². The molecule has 2 N–H and O–H groups in total. The molecule has 0 spiro atoms. The first-order chi connectivity index (χ1) is 7.16. The maximum atomic E-state index is 13.1. The summed E-state index contributed by atoms with van der Waals surface area (Å²) in [5.74, 6) is 0.0183. The first kappa shape index (κ1) is 9.98. The Morgan fingerprint density at radius 1 is 1.47 bits per heavy atom. The molecule has 0 aliphatic rings. The summed E-state index contributed by atoms with van der Waals surface area (Å²) in [5.41, 5.74) is 6.16. The van der Waals surface area contributed by atoms with Gasteiger partial charge in [-0.1, -0.05) is 23.7 Å². The standard InChI is InChI=1S/C10H9ClFN3/c11-10-7(2-1-3-8(10)12)4-15-5-9(13)14-6-15/h1-3,5-6H,4,13H2. The smallest absolute Gasteiger partial charge is 0.142 e. The Morgan fingerprint density at radius 2 is 2.27 bits per heavy atom. The van der Waals surface area contributed by atoms with E-state index in [4.69, 9.17) is 17.3 Å². The quantitative estimate of drug-likeness (QED) is 0.853. The van der Waals surface area contributed by atoms with E-state index < -0.39 is 5.82 Å². The number of imidazole rings is 1. The van der Waals surface area contributed by atoms with Crippen molar-refractivity contribution in [2.45, 2.75) is 6.54 Å². The summed E-state index contributed by atoms with van der Waals surface area (Å²) in [6, 6.07) is 4.71. The zero-order valence-electron chi connectivity index (χ0n) is 7.82. The van der Waals surface area contributed by atoms with Crippen LogP contribution in [-0.2, 0) is 6.54 Å². The van der Waals surface area contributed by atoms with Gasteiger partial charge in [0.25, 0.3) is 0 Å². The summed E-state index contributed by atoms with van der Waals surface area (Å²) in [6.07, 6.45) is 3.25. The van der Waals surface area contributed by atoms with Gasteiger partial charge in [-0.15, -0.1) is 0 Å². The van der Waals surface area contributed by atoms with E-state index in [1.54, 1.807) is 29.2 Å². The lowest BCUT2D eigenvalue weighted by Gasteiger charge is -2.05. The van der Waals surface area contributed by atoms with Crippen LogP contribution >= 0.6 is 11.6 Å². The number of hydrogen-bond donors (Lipinski definition) is 1. The molecule has 0 aliphatic heterocycles. The Balaban J connectivity index is 2.28. The lowest BCUT2D eigenvalue weighted by molar-refractivity contribution is 0.624. The molecule has 0 unspecified atom stereocenters. The summed E-state index contributed by atoms with van der Waals surface area (Å²) in [7, 11) is 0. The Morgan fingerprint density at radius 3 is 2.93 bits per heavy atom. The van der Waals surface area contributed by atoms with E-state index in [9.17, 15) is 4.39 Å². The van der Waals surface area contributed by atoms with Crippen LogP contribution in [0.25, 0.3) is 0 Å². The van der Waals surface area contributed by atoms with Crippen LogP contribution in [0.1, 0.15) is 5.56 Å². The van der Waals surface area contributed by atoms with E-state index in [0.29, 0.717) is 17.9 Å². The molecule has 1 aromatic carbocycles. The van der Waals surface area contributed by atoms with Crippen molar-refractivity contribution in [1.29, 1.82) is 0 Å². The number of rotatable bonds is 2. The number of halogens is 2. The zero-order valence-corrected chi connectivity index (χ0v) is 8.58. The summed E-state index contributed by atoms with van der Waals surface area (Å²) in [6.45, 7) is 0.459. The van der Waals surface area contributed by atoms with Gasteiger partial charge in [0, 0.05) is 6.20 Å². The monoisotopic (exact) mass is 225 g/mol. The average Bonchev–Trinajstić information content (AvgIpc) is 2.59. The van der Waals surface area contributed by atoms with Gasteiger partial charge in [0.15, 0.2) is 0 Å². The normalized spacial score (nSPS) is 10.5. The zero-order chi connectivity index (χ0) is 10.8. The van der Waals surface area contributed by atoms with Crippen molar-refractivity contribution in [2.24, 2.45) is 0 Å². The molecule has 0 saturated heterocycles. The fourth-order valence-electron chi connectivity index (χ4n) is 1.33. The highest BCUT2D eigenvalue weighted by atomic mass is 35.5. The van der Waals surface area contributed by atoms with Gasteiger partial charge in [0.2, 0.25) is 0 Å². The number of nitrogens with two attached hydrogens (primary N) is 1. The molecule has 0 fully saturated rings. The van der Waals surface area contributed by atoms with E-state index in [2.05, 4.69) is 4.98 Å². The molecule has 1 aromatic heterocycles. The molecule has 0 atom stereocenters. The molecule has 78 valence electrons. The molecule has 0 aliphatic carbocycles. The predicted octanol–water partition coefficient (Wildman–Crippen LogP) is 2.31. The van der Waals surface area contributed by atoms with E-state index >= 15 is 0 Å². The number of aromatic nitrogens is 2. The first-order valence-electron chi connectivity index (χ1n) is 4.37. The molecule has 2 aromatic rings. The Bertz CT molecular complexity index is 481. The van der Waals surface area contributed by atoms with E-state index in [1.807, 2.05) is 0 Å². The molecule has 1 heterocycles. The van der Waals surface area contributed by atoms with Crippen molar-refractivity contribution in [2.75, 3.05) is 5.73 Å². The Labute approximate surface area is 91.3 Å². The maximum Gasteiger partial charge on any atom is 0.142 e. The van der Waals surface area contributed by atoms with Crippen molar-refractivity contribution in [3.05, 3.63) is 47.1 Å². The lowest BCUT2D eigenvalue weighted by atomic mass is 10.2. The van der Waals surface area contributed by atoms with Gasteiger partial charge in [-0.25, -0.2) is 9.37 Å². The highest BCUT2D eigenvalue weighted by Crippen LogP contribution is 2.20. The summed E-state index contributed by atoms with van der Waals surface area (Å²) >= 11 is 5.81. The fraction of sp³-hybridized carbons (Fsp3) is 0.100. The third kappa shape index (κ3) is 2.10. The van der Waals surface area contributed by atoms with Crippen LogP contribution in [-0.4, -0.2) is 9.55 Å². The summed E-state index contributed by atoms with van der Waals surface area (Å²) < 4.78 is 14.9. The number of hydrogen-bond acceptors (Lipinski definition) is 2. The minimum Gasteiger partial charge on any atom is -0.382 e. The number of nitrogen functional groups attached to an aromatic ring is 1. The van der Waals surface area contributed by atoms with Gasteiger partial charge in [0.05, 0.1) is 17.9 Å². The molecule has 15 heavy (non-hydrogen) atoms. The fourth-order valence-corrected chi connectivity index (χ4v) is 1.52. The van der Waals surface area contributed by atoms with Gasteiger partial charge < -0.3 is 10.3 Å². The van der Waals surface area contributed by atoms with Gasteiger partial charge in [-0.3, -0.25) is 0 Å². The summed E-state index contributed by atoms with van der Waals surface area (Å²) in [5, 5.41) is 0.143. The number of benzene rings is 1. The third-order valence-electron chi connectivity index (χ3n) is 2.04. The van der Waals surface area contributed by atoms with Crippen LogP contribution in [0.2, 0.25) is 5.02 Å². The summed E-state index contributed by atoms with van der Waals surface area (Å²) in [4.78, 5) is 3.87. The second-order valence-corrected chi connectivity index (χ2v) is 3.56. The molecule has 0 bridgehead atoms. The minimum absolute atomic E-state index is 0.143. The molecule has 2 rings (SSSR count). The molecule has 0 saturated carbocycles. The van der Waals surface area contributed by atoms with Crippen LogP contribution < -0.4 is 5.73 Å². The van der Waals surface area contributed by atoms with Crippen LogP contribution in [0.4, 0.5) is 10.2 Å². The highest BCUT2D eigenvalue weighted by Gasteiger charge is 2.06. The van der Waals surface area contributed by atoms with Crippen molar-refractivity contribution in [1.82, 2.24) is 9.55 Å². The molecule has 3 nitrogen and oxygen atoms in total. The van der Waals surface area contributed by atoms with Gasteiger partial charge in [0.1, 0.15) is 11.6 Å². The van der Waals surface area contributed by atoms with E-state index in [0.717, 1.165) is 0 Å². The van der Waals surface area contributed by atoms with Crippen LogP contribution in [0, 0.1) is 5.82 Å². The Kier molecular flexibility index (Phi) is 2.60. The SMILES string of the molecule is Nc1cn(Cc2cccc(F)c2Cl)cn1. The van der Waals surface area contributed by atoms with E-state index in [-0.39, 0.29) is 5.02 Å². The van der Waals surface area contributed by atoms with Crippen LogP contribution in [0.3, 0.4) is 0 Å². The largest absolute Gasteiger partial charge is 0.382 e. The second-order valence-electron chi connectivity index (χ2n) is 3.18. The minimum atomic E-state index is -0.415. The maximum absolute atomic E-state index is 13.1. The third-order valence-corrected chi connectivity index (χ3v) is 2.46. The van der Waals surface area contributed by atoms with Crippen molar-refractivity contribution < 1.29 is 4.39 Å². The average molecular weight is 226 g/mol. The Hall–Kier alpha value is -1.55. The molecular weight excluding hydrogens is 217 g/mol.